The number of hydrogen-bond donors (Lipinski definition) is 1. The standard InChI is InChI=1S/C19H19FN2O3/c20-12-5-6-16-14(8-12)15(10-17(21-16)11-3-4-11)19(25)22-7-1-2-13(22)9-18(23)24/h5-6,8,10-11,13H,1-4,7,9H2,(H,23,24). The highest BCUT2D eigenvalue weighted by molar-refractivity contribution is 6.06. The Morgan fingerprint density at radius 3 is 2.76 bits per heavy atom. The van der Waals surface area contributed by atoms with Crippen molar-refractivity contribution < 1.29 is 19.1 Å². The van der Waals surface area contributed by atoms with Gasteiger partial charge in [0.25, 0.3) is 5.91 Å². The van der Waals surface area contributed by atoms with Crippen molar-refractivity contribution in [2.24, 2.45) is 0 Å². The van der Waals surface area contributed by atoms with E-state index < -0.39 is 11.8 Å². The summed E-state index contributed by atoms with van der Waals surface area (Å²) in [4.78, 5) is 30.4. The predicted molar refractivity (Wildman–Crippen MR) is 90.0 cm³/mol. The van der Waals surface area contributed by atoms with E-state index in [9.17, 15) is 14.0 Å². The van der Waals surface area contributed by atoms with Crippen molar-refractivity contribution in [3.63, 3.8) is 0 Å². The Morgan fingerprint density at radius 1 is 1.24 bits per heavy atom. The van der Waals surface area contributed by atoms with Crippen LogP contribution in [0.1, 0.15) is 54.1 Å². The van der Waals surface area contributed by atoms with E-state index in [1.54, 1.807) is 17.0 Å². The summed E-state index contributed by atoms with van der Waals surface area (Å²) in [5, 5.41) is 9.58. The SMILES string of the molecule is O=C(O)CC1CCCN1C(=O)c1cc(C2CC2)nc2ccc(F)cc12. The van der Waals surface area contributed by atoms with E-state index in [1.165, 1.54) is 12.1 Å². The van der Waals surface area contributed by atoms with Crippen molar-refractivity contribution in [2.45, 2.75) is 44.1 Å². The van der Waals surface area contributed by atoms with Gasteiger partial charge in [0.1, 0.15) is 5.82 Å². The summed E-state index contributed by atoms with van der Waals surface area (Å²) >= 11 is 0. The van der Waals surface area contributed by atoms with Gasteiger partial charge in [0.15, 0.2) is 0 Å². The van der Waals surface area contributed by atoms with E-state index in [0.717, 1.165) is 25.0 Å². The number of pyridine rings is 1. The minimum absolute atomic E-state index is 0.0569. The number of fused-ring (bicyclic) bond motifs is 1. The fourth-order valence-corrected chi connectivity index (χ4v) is 3.66. The summed E-state index contributed by atoms with van der Waals surface area (Å²) in [6.45, 7) is 0.536. The second-order valence-electron chi connectivity index (χ2n) is 6.92. The molecule has 130 valence electrons. The Hall–Kier alpha value is -2.50. The summed E-state index contributed by atoms with van der Waals surface area (Å²) in [5.74, 6) is -1.17. The maximum atomic E-state index is 13.7. The zero-order chi connectivity index (χ0) is 17.6. The molecule has 2 heterocycles. The van der Waals surface area contributed by atoms with Crippen LogP contribution in [0.3, 0.4) is 0 Å². The number of halogens is 1. The van der Waals surface area contributed by atoms with Crippen molar-refractivity contribution in [2.75, 3.05) is 6.54 Å². The van der Waals surface area contributed by atoms with Crippen LogP contribution in [0.2, 0.25) is 0 Å². The van der Waals surface area contributed by atoms with E-state index >= 15 is 0 Å². The highest BCUT2D eigenvalue weighted by Gasteiger charge is 2.33. The van der Waals surface area contributed by atoms with Crippen molar-refractivity contribution in [1.82, 2.24) is 9.88 Å². The van der Waals surface area contributed by atoms with Gasteiger partial charge in [-0.15, -0.1) is 0 Å². The molecule has 2 aromatic rings. The zero-order valence-electron chi connectivity index (χ0n) is 13.7. The number of likely N-dealkylation sites (tertiary alicyclic amines) is 1. The number of nitrogens with zero attached hydrogens (tertiary/aromatic N) is 2. The molecule has 2 fully saturated rings. The topological polar surface area (TPSA) is 70.5 Å². The smallest absolute Gasteiger partial charge is 0.305 e. The third-order valence-electron chi connectivity index (χ3n) is 5.06. The van der Waals surface area contributed by atoms with E-state index in [2.05, 4.69) is 4.98 Å². The molecule has 1 aliphatic carbocycles. The van der Waals surface area contributed by atoms with Crippen LogP contribution in [0, 0.1) is 5.82 Å². The van der Waals surface area contributed by atoms with Gasteiger partial charge < -0.3 is 10.0 Å². The van der Waals surface area contributed by atoms with Crippen LogP contribution >= 0.6 is 0 Å². The number of carboxylic acids is 1. The molecule has 1 amide bonds. The number of amides is 1. The molecule has 0 spiro atoms. The van der Waals surface area contributed by atoms with E-state index in [1.807, 2.05) is 0 Å². The summed E-state index contributed by atoms with van der Waals surface area (Å²) in [7, 11) is 0. The molecule has 1 saturated heterocycles. The van der Waals surface area contributed by atoms with Crippen LogP contribution in [-0.2, 0) is 4.79 Å². The maximum Gasteiger partial charge on any atom is 0.305 e. The van der Waals surface area contributed by atoms with Crippen molar-refractivity contribution >= 4 is 22.8 Å². The number of carboxylic acid groups (broad SMARTS) is 1. The van der Waals surface area contributed by atoms with Crippen LogP contribution in [0.25, 0.3) is 10.9 Å². The number of carbonyl (C=O) groups excluding carboxylic acids is 1. The number of benzene rings is 1. The average molecular weight is 342 g/mol. The Balaban J connectivity index is 1.77. The van der Waals surface area contributed by atoms with Crippen LogP contribution in [0.15, 0.2) is 24.3 Å². The monoisotopic (exact) mass is 342 g/mol. The number of hydrogen-bond acceptors (Lipinski definition) is 3. The normalized spacial score (nSPS) is 20.2. The first-order chi connectivity index (χ1) is 12.0. The van der Waals surface area contributed by atoms with Gasteiger partial charge >= 0.3 is 5.97 Å². The van der Waals surface area contributed by atoms with Gasteiger partial charge in [-0.1, -0.05) is 0 Å². The molecule has 6 heteroatoms. The molecule has 0 bridgehead atoms. The molecule has 4 rings (SSSR count). The Kier molecular flexibility index (Phi) is 3.90. The van der Waals surface area contributed by atoms with Crippen LogP contribution in [0.4, 0.5) is 4.39 Å². The van der Waals surface area contributed by atoms with Gasteiger partial charge in [-0.05, 0) is 49.9 Å². The lowest BCUT2D eigenvalue weighted by Gasteiger charge is -2.24. The first-order valence-electron chi connectivity index (χ1n) is 8.66. The molecule has 5 nitrogen and oxygen atoms in total. The fraction of sp³-hybridized carbons (Fsp3) is 0.421. The Bertz CT molecular complexity index is 863. The molecule has 2 aliphatic rings. The molecule has 1 aliphatic heterocycles. The summed E-state index contributed by atoms with van der Waals surface area (Å²) in [5.41, 5.74) is 1.92. The van der Waals surface area contributed by atoms with Gasteiger partial charge in [0, 0.05) is 29.6 Å². The van der Waals surface area contributed by atoms with Crippen molar-refractivity contribution in [1.29, 1.82) is 0 Å². The average Bonchev–Trinajstić information content (AvgIpc) is 3.33. The Morgan fingerprint density at radius 2 is 2.04 bits per heavy atom. The molecular formula is C19H19FN2O3. The van der Waals surface area contributed by atoms with Gasteiger partial charge in [0.05, 0.1) is 17.5 Å². The molecule has 1 saturated carbocycles. The lowest BCUT2D eigenvalue weighted by Crippen LogP contribution is -2.37. The minimum Gasteiger partial charge on any atom is -0.481 e. The van der Waals surface area contributed by atoms with E-state index in [4.69, 9.17) is 5.11 Å². The molecule has 0 radical (unpaired) electrons. The van der Waals surface area contributed by atoms with Gasteiger partial charge in [0.2, 0.25) is 0 Å². The van der Waals surface area contributed by atoms with E-state index in [-0.39, 0.29) is 18.4 Å². The number of carbonyl (C=O) groups is 2. The summed E-state index contributed by atoms with van der Waals surface area (Å²) in [6, 6.07) is 5.77. The minimum atomic E-state index is -0.908. The van der Waals surface area contributed by atoms with Gasteiger partial charge in [-0.2, -0.15) is 0 Å². The van der Waals surface area contributed by atoms with E-state index in [0.29, 0.717) is 35.3 Å². The second-order valence-corrected chi connectivity index (χ2v) is 6.92. The van der Waals surface area contributed by atoms with Crippen molar-refractivity contribution in [3.8, 4) is 0 Å². The maximum absolute atomic E-state index is 13.7. The lowest BCUT2D eigenvalue weighted by molar-refractivity contribution is -0.137. The second kappa shape index (κ2) is 6.10. The van der Waals surface area contributed by atoms with Crippen LogP contribution < -0.4 is 0 Å². The first kappa shape index (κ1) is 16.0. The number of aromatic nitrogens is 1. The molecule has 1 atom stereocenters. The third-order valence-corrected chi connectivity index (χ3v) is 5.06. The van der Waals surface area contributed by atoms with Gasteiger partial charge in [-0.3, -0.25) is 14.6 Å². The Labute approximate surface area is 144 Å². The van der Waals surface area contributed by atoms with Crippen LogP contribution in [0.5, 0.6) is 0 Å². The number of aliphatic carboxylic acids is 1. The molecule has 1 unspecified atom stereocenters. The quantitative estimate of drug-likeness (QED) is 0.925. The lowest BCUT2D eigenvalue weighted by atomic mass is 10.0. The van der Waals surface area contributed by atoms with Crippen LogP contribution in [-0.4, -0.2) is 39.5 Å². The van der Waals surface area contributed by atoms with Crippen molar-refractivity contribution in [3.05, 3.63) is 41.3 Å². The summed E-state index contributed by atoms with van der Waals surface area (Å²) in [6.07, 6.45) is 3.53. The largest absolute Gasteiger partial charge is 0.481 e. The highest BCUT2D eigenvalue weighted by atomic mass is 19.1. The fourth-order valence-electron chi connectivity index (χ4n) is 3.66. The number of rotatable bonds is 4. The predicted octanol–water partition coefficient (Wildman–Crippen LogP) is 3.33. The molecular weight excluding hydrogens is 323 g/mol. The molecule has 1 aromatic carbocycles. The first-order valence-corrected chi connectivity index (χ1v) is 8.66. The van der Waals surface area contributed by atoms with Gasteiger partial charge in [-0.25, -0.2) is 4.39 Å². The third kappa shape index (κ3) is 3.08. The molecule has 25 heavy (non-hydrogen) atoms. The molecule has 1 N–H and O–H groups in total. The zero-order valence-corrected chi connectivity index (χ0v) is 13.7. The summed E-state index contributed by atoms with van der Waals surface area (Å²) < 4.78 is 13.7. The molecule has 1 aromatic heterocycles. The highest BCUT2D eigenvalue weighted by Crippen LogP contribution is 2.40.